The summed E-state index contributed by atoms with van der Waals surface area (Å²) in [5, 5.41) is 2.79. The summed E-state index contributed by atoms with van der Waals surface area (Å²) in [5.74, 6) is 0. The lowest BCUT2D eigenvalue weighted by Gasteiger charge is -2.21. The van der Waals surface area contributed by atoms with Crippen LogP contribution in [0.5, 0.6) is 0 Å². The van der Waals surface area contributed by atoms with Crippen LogP contribution in [0, 0.1) is 10.3 Å². The molecule has 0 aromatic carbocycles. The van der Waals surface area contributed by atoms with Crippen molar-refractivity contribution in [2.75, 3.05) is 13.2 Å². The number of hydrogen-bond acceptors (Lipinski definition) is 3. The molecule has 1 atom stereocenters. The van der Waals surface area contributed by atoms with Crippen molar-refractivity contribution in [1.82, 2.24) is 0 Å². The SMILES string of the molecule is CC(C)(CCN=O)COP. The minimum Gasteiger partial charge on any atom is -0.365 e. The van der Waals surface area contributed by atoms with E-state index >= 15 is 0 Å². The second kappa shape index (κ2) is 4.75. The van der Waals surface area contributed by atoms with Crippen LogP contribution in [0.15, 0.2) is 5.18 Å². The van der Waals surface area contributed by atoms with Crippen molar-refractivity contribution in [3.05, 3.63) is 4.91 Å². The van der Waals surface area contributed by atoms with Gasteiger partial charge in [0.1, 0.15) is 0 Å². The maximum absolute atomic E-state index is 9.76. The molecule has 0 aliphatic heterocycles. The molecule has 60 valence electrons. The monoisotopic (exact) mass is 163 g/mol. The molecule has 0 N–H and O–H groups in total. The van der Waals surface area contributed by atoms with Gasteiger partial charge in [0.05, 0.1) is 13.2 Å². The fourth-order valence-corrected chi connectivity index (χ4v) is 1.10. The first-order chi connectivity index (χ1) is 4.62. The molecule has 0 aliphatic carbocycles. The second-order valence-electron chi connectivity index (χ2n) is 3.08. The summed E-state index contributed by atoms with van der Waals surface area (Å²) in [6, 6.07) is 0. The Morgan fingerprint density at radius 3 is 2.60 bits per heavy atom. The predicted octanol–water partition coefficient (Wildman–Crippen LogP) is 1.98. The zero-order valence-corrected chi connectivity index (χ0v) is 7.62. The molecule has 10 heavy (non-hydrogen) atoms. The first kappa shape index (κ1) is 9.99. The molecule has 0 aromatic rings. The summed E-state index contributed by atoms with van der Waals surface area (Å²) >= 11 is 0. The van der Waals surface area contributed by atoms with Gasteiger partial charge >= 0.3 is 0 Å². The van der Waals surface area contributed by atoms with Crippen molar-refractivity contribution in [3.8, 4) is 0 Å². The van der Waals surface area contributed by atoms with Crippen molar-refractivity contribution in [2.24, 2.45) is 10.6 Å². The van der Waals surface area contributed by atoms with Crippen LogP contribution < -0.4 is 0 Å². The van der Waals surface area contributed by atoms with E-state index in [0.717, 1.165) is 6.42 Å². The van der Waals surface area contributed by atoms with E-state index < -0.39 is 0 Å². The third-order valence-corrected chi connectivity index (χ3v) is 1.52. The normalized spacial score (nSPS) is 11.5. The Morgan fingerprint density at radius 1 is 1.60 bits per heavy atom. The lowest BCUT2D eigenvalue weighted by atomic mass is 9.91. The van der Waals surface area contributed by atoms with Gasteiger partial charge in [0, 0.05) is 9.47 Å². The Morgan fingerprint density at radius 2 is 2.20 bits per heavy atom. The van der Waals surface area contributed by atoms with Crippen LogP contribution in [-0.2, 0) is 4.52 Å². The number of hydrogen-bond donors (Lipinski definition) is 0. The van der Waals surface area contributed by atoms with E-state index in [1.165, 1.54) is 0 Å². The Balaban J connectivity index is 3.51. The van der Waals surface area contributed by atoms with E-state index in [2.05, 4.69) is 14.6 Å². The highest BCUT2D eigenvalue weighted by atomic mass is 31.0. The lowest BCUT2D eigenvalue weighted by molar-refractivity contribution is 0.195. The molecule has 0 bridgehead atoms. The molecule has 0 rings (SSSR count). The maximum Gasteiger partial charge on any atom is 0.0817 e. The third kappa shape index (κ3) is 4.83. The van der Waals surface area contributed by atoms with Gasteiger partial charge in [0.25, 0.3) is 0 Å². The second-order valence-corrected chi connectivity index (χ2v) is 3.41. The van der Waals surface area contributed by atoms with Crippen molar-refractivity contribution in [2.45, 2.75) is 20.3 Å². The third-order valence-electron chi connectivity index (χ3n) is 1.35. The van der Waals surface area contributed by atoms with Crippen molar-refractivity contribution in [3.63, 3.8) is 0 Å². The van der Waals surface area contributed by atoms with Gasteiger partial charge < -0.3 is 4.52 Å². The summed E-state index contributed by atoms with van der Waals surface area (Å²) in [6.07, 6.45) is 0.783. The van der Waals surface area contributed by atoms with E-state index in [0.29, 0.717) is 13.2 Å². The Labute approximate surface area is 63.8 Å². The minimum atomic E-state index is 0.0651. The first-order valence-electron chi connectivity index (χ1n) is 3.23. The topological polar surface area (TPSA) is 38.7 Å². The van der Waals surface area contributed by atoms with Crippen molar-refractivity contribution in [1.29, 1.82) is 0 Å². The average Bonchev–Trinajstić information content (AvgIpc) is 1.84. The largest absolute Gasteiger partial charge is 0.365 e. The van der Waals surface area contributed by atoms with Crippen LogP contribution in [0.3, 0.4) is 0 Å². The van der Waals surface area contributed by atoms with E-state index in [9.17, 15) is 4.91 Å². The molecule has 0 aromatic heterocycles. The van der Waals surface area contributed by atoms with Crippen LogP contribution in [0.1, 0.15) is 20.3 Å². The average molecular weight is 163 g/mol. The summed E-state index contributed by atoms with van der Waals surface area (Å²) in [6.45, 7) is 5.11. The highest BCUT2D eigenvalue weighted by molar-refractivity contribution is 7.09. The standard InChI is InChI=1S/C6H14NO2P/c1-6(2,5-9-10)3-4-7-8/h3-5,10H2,1-2H3. The van der Waals surface area contributed by atoms with E-state index in [4.69, 9.17) is 4.52 Å². The molecule has 4 heteroatoms. The molecule has 0 saturated heterocycles. The van der Waals surface area contributed by atoms with Crippen molar-refractivity contribution >= 4 is 9.47 Å². The van der Waals surface area contributed by atoms with Crippen LogP contribution in [0.4, 0.5) is 0 Å². The van der Waals surface area contributed by atoms with E-state index in [1.807, 2.05) is 13.8 Å². The Kier molecular flexibility index (Phi) is 4.75. The Bertz CT molecular complexity index is 106. The summed E-state index contributed by atoms with van der Waals surface area (Å²) in [5.41, 5.74) is 0.0651. The molecule has 0 fully saturated rings. The van der Waals surface area contributed by atoms with Gasteiger partial charge in [0.2, 0.25) is 0 Å². The molecular weight excluding hydrogens is 149 g/mol. The molecule has 0 aliphatic rings. The molecule has 1 unspecified atom stereocenters. The van der Waals surface area contributed by atoms with E-state index in [1.54, 1.807) is 0 Å². The fourth-order valence-electron chi connectivity index (χ4n) is 0.646. The molecule has 0 spiro atoms. The number of nitroso groups, excluding NO2 is 1. The van der Waals surface area contributed by atoms with Crippen LogP contribution in [0.25, 0.3) is 0 Å². The molecule has 3 nitrogen and oxygen atoms in total. The summed E-state index contributed by atoms with van der Waals surface area (Å²) < 4.78 is 4.88. The van der Waals surface area contributed by atoms with Gasteiger partial charge in [-0.15, -0.1) is 0 Å². The van der Waals surface area contributed by atoms with Gasteiger partial charge in [-0.25, -0.2) is 0 Å². The van der Waals surface area contributed by atoms with Gasteiger partial charge in [0.15, 0.2) is 0 Å². The molecule has 0 saturated carbocycles. The maximum atomic E-state index is 9.76. The van der Waals surface area contributed by atoms with Crippen LogP contribution in [-0.4, -0.2) is 13.2 Å². The van der Waals surface area contributed by atoms with Crippen molar-refractivity contribution < 1.29 is 4.52 Å². The van der Waals surface area contributed by atoms with Gasteiger partial charge in [-0.05, 0) is 11.8 Å². The zero-order chi connectivity index (χ0) is 8.04. The number of nitrogens with zero attached hydrogens (tertiary/aromatic N) is 1. The zero-order valence-electron chi connectivity index (χ0n) is 6.46. The van der Waals surface area contributed by atoms with Gasteiger partial charge in [-0.3, -0.25) is 0 Å². The molecule has 0 amide bonds. The van der Waals surface area contributed by atoms with E-state index in [-0.39, 0.29) is 5.41 Å². The smallest absolute Gasteiger partial charge is 0.0817 e. The predicted molar refractivity (Wildman–Crippen MR) is 44.7 cm³/mol. The number of rotatable bonds is 5. The Hall–Kier alpha value is -0.0100. The summed E-state index contributed by atoms with van der Waals surface area (Å²) in [7, 11) is 2.20. The van der Waals surface area contributed by atoms with Gasteiger partial charge in [-0.1, -0.05) is 19.0 Å². The van der Waals surface area contributed by atoms with Gasteiger partial charge in [-0.2, -0.15) is 4.91 Å². The molecular formula is C6H14NO2P. The van der Waals surface area contributed by atoms with Crippen LogP contribution in [0.2, 0.25) is 0 Å². The molecule has 0 heterocycles. The lowest BCUT2D eigenvalue weighted by Crippen LogP contribution is -2.17. The van der Waals surface area contributed by atoms with Crippen LogP contribution >= 0.6 is 9.47 Å². The fraction of sp³-hybridized carbons (Fsp3) is 1.00. The summed E-state index contributed by atoms with van der Waals surface area (Å²) in [4.78, 5) is 9.76. The highest BCUT2D eigenvalue weighted by Gasteiger charge is 2.16. The quantitative estimate of drug-likeness (QED) is 0.459. The highest BCUT2D eigenvalue weighted by Crippen LogP contribution is 2.21. The molecule has 0 radical (unpaired) electrons. The first-order valence-corrected chi connectivity index (χ1v) is 3.70. The minimum absolute atomic E-state index is 0.0651.